The summed E-state index contributed by atoms with van der Waals surface area (Å²) in [6.45, 7) is 0. The molecule has 0 fully saturated rings. The molecule has 0 saturated carbocycles. The van der Waals surface area contributed by atoms with E-state index in [0.717, 1.165) is 67.4 Å². The molecule has 10 rings (SSSR count). The number of benzene rings is 6. The van der Waals surface area contributed by atoms with Crippen LogP contribution < -0.4 is 0 Å². The molecule has 4 aromatic heterocycles. The van der Waals surface area contributed by atoms with Crippen molar-refractivity contribution < 1.29 is 0 Å². The zero-order valence-corrected chi connectivity index (χ0v) is 29.8. The molecule has 0 spiro atoms. The zero-order valence-electron chi connectivity index (χ0n) is 29.8. The number of pyridine rings is 2. The van der Waals surface area contributed by atoms with Crippen LogP contribution in [0.15, 0.2) is 170 Å². The SMILES string of the molecule is Cn1c(-c2ccc(-c3cccc4c(-c5ccc(-c6nc7cc(-c8ccccn8)ccc7n6C)cc5)cccc34)cc2)nc2cc(-c3ccccn3)ccc21. The van der Waals surface area contributed by atoms with Crippen LogP contribution in [-0.4, -0.2) is 29.1 Å². The van der Waals surface area contributed by atoms with Gasteiger partial charge < -0.3 is 9.13 Å². The molecular formula is C48H34N6. The van der Waals surface area contributed by atoms with Crippen molar-refractivity contribution in [2.75, 3.05) is 0 Å². The average molecular weight is 695 g/mol. The van der Waals surface area contributed by atoms with Gasteiger partial charge in [-0.15, -0.1) is 0 Å². The summed E-state index contributed by atoms with van der Waals surface area (Å²) in [5, 5.41) is 2.44. The van der Waals surface area contributed by atoms with Gasteiger partial charge in [0.1, 0.15) is 11.6 Å². The minimum atomic E-state index is 0.936. The number of hydrogen-bond donors (Lipinski definition) is 0. The van der Waals surface area contributed by atoms with Crippen LogP contribution >= 0.6 is 0 Å². The summed E-state index contributed by atoms with van der Waals surface area (Å²) in [6, 6.07) is 55.4. The van der Waals surface area contributed by atoms with Crippen LogP contribution in [0.5, 0.6) is 0 Å². The Morgan fingerprint density at radius 2 is 0.778 bits per heavy atom. The summed E-state index contributed by atoms with van der Waals surface area (Å²) in [5.74, 6) is 1.87. The van der Waals surface area contributed by atoms with Crippen LogP contribution in [0.1, 0.15) is 0 Å². The fourth-order valence-electron chi connectivity index (χ4n) is 7.71. The predicted octanol–water partition coefficient (Wildman–Crippen LogP) is 11.4. The summed E-state index contributed by atoms with van der Waals surface area (Å²) in [7, 11) is 4.16. The fraction of sp³-hybridized carbons (Fsp3) is 0.0417. The van der Waals surface area contributed by atoms with Crippen molar-refractivity contribution in [1.82, 2.24) is 29.1 Å². The van der Waals surface area contributed by atoms with Gasteiger partial charge in [-0.05, 0) is 81.6 Å². The first-order valence-corrected chi connectivity index (χ1v) is 18.1. The molecule has 6 nitrogen and oxygen atoms in total. The van der Waals surface area contributed by atoms with Crippen molar-refractivity contribution in [3.05, 3.63) is 170 Å². The summed E-state index contributed by atoms with van der Waals surface area (Å²) in [4.78, 5) is 19.1. The van der Waals surface area contributed by atoms with Crippen LogP contribution in [0.25, 0.3) is 100 Å². The standard InChI is InChI=1S/C48H34N6/c1-53-45-25-23-35(41-13-3-5-27-49-41)29-43(45)51-47(53)33-19-15-31(16-20-33)37-9-7-12-40-38(10-8-11-39(37)40)32-17-21-34(22-18-32)48-52-44-30-36(24-26-46(44)54(48)2)42-14-4-6-28-50-42/h3-30H,1-2H3. The van der Waals surface area contributed by atoms with Crippen LogP contribution in [0.4, 0.5) is 0 Å². The van der Waals surface area contributed by atoms with E-state index in [9.17, 15) is 0 Å². The second-order valence-corrected chi connectivity index (χ2v) is 13.7. The lowest BCUT2D eigenvalue weighted by atomic mass is 9.92. The molecule has 0 N–H and O–H groups in total. The highest BCUT2D eigenvalue weighted by Gasteiger charge is 2.15. The quantitative estimate of drug-likeness (QED) is 0.174. The molecule has 0 amide bonds. The number of hydrogen-bond acceptors (Lipinski definition) is 4. The lowest BCUT2D eigenvalue weighted by Crippen LogP contribution is -1.93. The van der Waals surface area contributed by atoms with Crippen LogP contribution in [0, 0.1) is 0 Å². The average Bonchev–Trinajstić information content (AvgIpc) is 3.76. The van der Waals surface area contributed by atoms with Crippen molar-refractivity contribution >= 4 is 32.8 Å². The Bertz CT molecular complexity index is 2770. The molecule has 54 heavy (non-hydrogen) atoms. The smallest absolute Gasteiger partial charge is 0.140 e. The van der Waals surface area contributed by atoms with Crippen LogP contribution in [-0.2, 0) is 14.1 Å². The molecule has 0 aliphatic heterocycles. The van der Waals surface area contributed by atoms with E-state index in [4.69, 9.17) is 9.97 Å². The summed E-state index contributed by atoms with van der Waals surface area (Å²) >= 11 is 0. The second-order valence-electron chi connectivity index (χ2n) is 13.7. The predicted molar refractivity (Wildman–Crippen MR) is 221 cm³/mol. The molecule has 0 aliphatic carbocycles. The molecule has 4 heterocycles. The van der Waals surface area contributed by atoms with E-state index in [1.807, 2.05) is 48.8 Å². The van der Waals surface area contributed by atoms with Gasteiger partial charge in [-0.2, -0.15) is 0 Å². The minimum Gasteiger partial charge on any atom is -0.327 e. The third kappa shape index (κ3) is 5.35. The first kappa shape index (κ1) is 31.5. The third-order valence-corrected chi connectivity index (χ3v) is 10.5. The molecular weight excluding hydrogens is 661 g/mol. The Morgan fingerprint density at radius 1 is 0.370 bits per heavy atom. The Labute approximate surface area is 312 Å². The van der Waals surface area contributed by atoms with Gasteiger partial charge in [0.15, 0.2) is 0 Å². The van der Waals surface area contributed by atoms with Crippen molar-refractivity contribution in [2.45, 2.75) is 0 Å². The Balaban J connectivity index is 0.950. The van der Waals surface area contributed by atoms with Crippen molar-refractivity contribution in [3.63, 3.8) is 0 Å². The van der Waals surface area contributed by atoms with E-state index in [0.29, 0.717) is 0 Å². The highest BCUT2D eigenvalue weighted by molar-refractivity contribution is 6.04. The number of rotatable bonds is 6. The molecule has 0 unspecified atom stereocenters. The Kier molecular flexibility index (Phi) is 7.47. The lowest BCUT2D eigenvalue weighted by molar-refractivity contribution is 0.959. The molecule has 0 aliphatic rings. The minimum absolute atomic E-state index is 0.936. The van der Waals surface area contributed by atoms with Gasteiger partial charge in [0, 0.05) is 48.7 Å². The van der Waals surface area contributed by atoms with Gasteiger partial charge in [-0.1, -0.05) is 109 Å². The van der Waals surface area contributed by atoms with E-state index in [1.54, 1.807) is 0 Å². The molecule has 256 valence electrons. The molecule has 0 atom stereocenters. The molecule has 6 heteroatoms. The maximum atomic E-state index is 5.05. The topological polar surface area (TPSA) is 61.4 Å². The van der Waals surface area contributed by atoms with E-state index in [-0.39, 0.29) is 0 Å². The maximum absolute atomic E-state index is 5.05. The number of fused-ring (bicyclic) bond motifs is 3. The number of imidazole rings is 2. The molecule has 0 saturated heterocycles. The van der Waals surface area contributed by atoms with E-state index in [1.165, 1.54) is 33.0 Å². The number of aryl methyl sites for hydroxylation is 2. The van der Waals surface area contributed by atoms with Crippen molar-refractivity contribution in [2.24, 2.45) is 14.1 Å². The molecule has 0 bridgehead atoms. The number of nitrogens with zero attached hydrogens (tertiary/aromatic N) is 6. The first-order chi connectivity index (χ1) is 26.6. The second kappa shape index (κ2) is 12.8. The van der Waals surface area contributed by atoms with Gasteiger partial charge in [-0.25, -0.2) is 9.97 Å². The molecule has 0 radical (unpaired) electrons. The Hall–Kier alpha value is -7.18. The number of aromatic nitrogens is 6. The van der Waals surface area contributed by atoms with Gasteiger partial charge >= 0.3 is 0 Å². The summed E-state index contributed by atoms with van der Waals surface area (Å²) in [5.41, 5.74) is 15.0. The maximum Gasteiger partial charge on any atom is 0.140 e. The van der Waals surface area contributed by atoms with Crippen molar-refractivity contribution in [3.8, 4) is 67.5 Å². The highest BCUT2D eigenvalue weighted by Crippen LogP contribution is 2.37. The van der Waals surface area contributed by atoms with Gasteiger partial charge in [0.25, 0.3) is 0 Å². The Morgan fingerprint density at radius 3 is 1.19 bits per heavy atom. The normalized spacial score (nSPS) is 11.5. The van der Waals surface area contributed by atoms with E-state index >= 15 is 0 Å². The summed E-state index contributed by atoms with van der Waals surface area (Å²) in [6.07, 6.45) is 3.65. The molecule has 10 aromatic rings. The molecule has 6 aromatic carbocycles. The lowest BCUT2D eigenvalue weighted by Gasteiger charge is -2.12. The monoisotopic (exact) mass is 694 g/mol. The third-order valence-electron chi connectivity index (χ3n) is 10.5. The summed E-state index contributed by atoms with van der Waals surface area (Å²) < 4.78 is 4.33. The van der Waals surface area contributed by atoms with Gasteiger partial charge in [-0.3, -0.25) is 9.97 Å². The first-order valence-electron chi connectivity index (χ1n) is 18.1. The van der Waals surface area contributed by atoms with Crippen LogP contribution in [0.3, 0.4) is 0 Å². The van der Waals surface area contributed by atoms with Crippen LogP contribution in [0.2, 0.25) is 0 Å². The zero-order chi connectivity index (χ0) is 36.2. The largest absolute Gasteiger partial charge is 0.327 e. The van der Waals surface area contributed by atoms with E-state index < -0.39 is 0 Å². The van der Waals surface area contributed by atoms with Crippen molar-refractivity contribution in [1.29, 1.82) is 0 Å². The van der Waals surface area contributed by atoms with Gasteiger partial charge in [0.05, 0.1) is 33.5 Å². The van der Waals surface area contributed by atoms with Gasteiger partial charge in [0.2, 0.25) is 0 Å². The highest BCUT2D eigenvalue weighted by atomic mass is 15.1. The van der Waals surface area contributed by atoms with E-state index in [2.05, 4.69) is 155 Å². The fourth-order valence-corrected chi connectivity index (χ4v) is 7.71.